The summed E-state index contributed by atoms with van der Waals surface area (Å²) < 4.78 is 2.59. The molecule has 2 N–H and O–H groups in total. The van der Waals surface area contributed by atoms with Crippen molar-refractivity contribution in [3.8, 4) is 0 Å². The van der Waals surface area contributed by atoms with E-state index in [2.05, 4.69) is 31.5 Å². The molecule has 0 unspecified atom stereocenters. The highest BCUT2D eigenvalue weighted by Crippen LogP contribution is 2.34. The zero-order valence-corrected chi connectivity index (χ0v) is 19.4. The van der Waals surface area contributed by atoms with Gasteiger partial charge in [0.1, 0.15) is 0 Å². The Morgan fingerprint density at radius 2 is 1.73 bits per heavy atom. The van der Waals surface area contributed by atoms with Crippen LogP contribution in [0.3, 0.4) is 0 Å². The number of hydrogen-bond donors (Lipinski definition) is 2. The first kappa shape index (κ1) is 21.0. The molecular weight excluding hydrogens is 511 g/mol. The van der Waals surface area contributed by atoms with Crippen LogP contribution in [0.4, 0.5) is 17.3 Å². The molecule has 0 aliphatic heterocycles. The van der Waals surface area contributed by atoms with Crippen LogP contribution in [0.5, 0.6) is 0 Å². The van der Waals surface area contributed by atoms with Crippen LogP contribution < -0.4 is 10.6 Å². The molecule has 0 aliphatic rings. The number of nitrogens with one attached hydrogen (secondary N) is 2. The SMILES string of the molecule is Cn1c(Nc2c(Cl)cccc2Cl)nc2cc(C(=O)Nc3cccc(Cl)c3)cc(Br)c21. The quantitative estimate of drug-likeness (QED) is 0.295. The van der Waals surface area contributed by atoms with Gasteiger partial charge in [0, 0.05) is 27.8 Å². The van der Waals surface area contributed by atoms with Crippen LogP contribution in [0, 0.1) is 0 Å². The van der Waals surface area contributed by atoms with E-state index in [4.69, 9.17) is 34.8 Å². The average molecular weight is 525 g/mol. The maximum Gasteiger partial charge on any atom is 0.255 e. The highest BCUT2D eigenvalue weighted by molar-refractivity contribution is 9.10. The predicted octanol–water partition coefficient (Wildman–Crippen LogP) is 7.29. The minimum absolute atomic E-state index is 0.269. The first-order chi connectivity index (χ1) is 14.3. The molecule has 0 atom stereocenters. The molecule has 0 bridgehead atoms. The van der Waals surface area contributed by atoms with Gasteiger partial charge in [-0.25, -0.2) is 4.98 Å². The van der Waals surface area contributed by atoms with Gasteiger partial charge in [-0.15, -0.1) is 0 Å². The lowest BCUT2D eigenvalue weighted by molar-refractivity contribution is 0.102. The van der Waals surface area contributed by atoms with Gasteiger partial charge in [-0.1, -0.05) is 46.9 Å². The summed E-state index contributed by atoms with van der Waals surface area (Å²) >= 11 is 22.1. The highest BCUT2D eigenvalue weighted by Gasteiger charge is 2.17. The van der Waals surface area contributed by atoms with Crippen molar-refractivity contribution in [2.24, 2.45) is 7.05 Å². The zero-order valence-electron chi connectivity index (χ0n) is 15.5. The third kappa shape index (κ3) is 4.14. The molecule has 9 heteroatoms. The van der Waals surface area contributed by atoms with Gasteiger partial charge in [0.25, 0.3) is 5.91 Å². The molecule has 1 amide bonds. The van der Waals surface area contributed by atoms with Crippen LogP contribution in [0.25, 0.3) is 11.0 Å². The van der Waals surface area contributed by atoms with Crippen molar-refractivity contribution in [2.45, 2.75) is 0 Å². The number of nitrogens with zero attached hydrogens (tertiary/aromatic N) is 2. The Balaban J connectivity index is 1.69. The summed E-state index contributed by atoms with van der Waals surface area (Å²) in [6.07, 6.45) is 0. The third-order valence-electron chi connectivity index (χ3n) is 4.47. The number of fused-ring (bicyclic) bond motifs is 1. The van der Waals surface area contributed by atoms with E-state index in [0.29, 0.717) is 43.5 Å². The number of carbonyl (C=O) groups is 1. The topological polar surface area (TPSA) is 59.0 Å². The molecule has 1 heterocycles. The number of para-hydroxylation sites is 1. The number of anilines is 3. The molecule has 30 heavy (non-hydrogen) atoms. The van der Waals surface area contributed by atoms with Crippen molar-refractivity contribution in [1.82, 2.24) is 9.55 Å². The van der Waals surface area contributed by atoms with E-state index in [1.165, 1.54) is 0 Å². The molecule has 0 aliphatic carbocycles. The highest BCUT2D eigenvalue weighted by atomic mass is 79.9. The lowest BCUT2D eigenvalue weighted by Crippen LogP contribution is -2.12. The molecule has 5 nitrogen and oxygen atoms in total. The minimum Gasteiger partial charge on any atom is -0.323 e. The van der Waals surface area contributed by atoms with E-state index in [9.17, 15) is 4.79 Å². The van der Waals surface area contributed by atoms with Gasteiger partial charge in [-0.2, -0.15) is 0 Å². The van der Waals surface area contributed by atoms with E-state index in [1.807, 2.05) is 11.6 Å². The Kier molecular flexibility index (Phi) is 5.93. The van der Waals surface area contributed by atoms with Gasteiger partial charge in [0.2, 0.25) is 5.95 Å². The first-order valence-corrected chi connectivity index (χ1v) is 10.7. The molecule has 152 valence electrons. The summed E-state index contributed by atoms with van der Waals surface area (Å²) in [5, 5.41) is 7.52. The van der Waals surface area contributed by atoms with Crippen molar-refractivity contribution in [3.05, 3.63) is 79.7 Å². The fourth-order valence-electron chi connectivity index (χ4n) is 3.04. The van der Waals surface area contributed by atoms with Gasteiger partial charge < -0.3 is 15.2 Å². The Labute approximate surface area is 196 Å². The second-order valence-corrected chi connectivity index (χ2v) is 8.61. The standard InChI is InChI=1S/C21H14BrCl3N4O/c1-29-19-14(22)8-11(20(30)26-13-5-2-4-12(23)10-13)9-17(19)27-21(29)28-18-15(24)6-3-7-16(18)25/h2-10H,1H3,(H,26,30)(H,27,28). The number of halogens is 4. The van der Waals surface area contributed by atoms with E-state index >= 15 is 0 Å². The van der Waals surface area contributed by atoms with Crippen molar-refractivity contribution in [1.29, 1.82) is 0 Å². The van der Waals surface area contributed by atoms with Crippen LogP contribution in [-0.2, 0) is 7.05 Å². The van der Waals surface area contributed by atoms with Gasteiger partial charge in [0.05, 0.1) is 26.8 Å². The minimum atomic E-state index is -0.269. The summed E-state index contributed by atoms with van der Waals surface area (Å²) in [6, 6.07) is 15.7. The Morgan fingerprint density at radius 3 is 2.43 bits per heavy atom. The van der Waals surface area contributed by atoms with Gasteiger partial charge >= 0.3 is 0 Å². The first-order valence-electron chi connectivity index (χ1n) is 8.77. The number of benzene rings is 3. The number of aryl methyl sites for hydroxylation is 1. The Hall–Kier alpha value is -2.25. The smallest absolute Gasteiger partial charge is 0.255 e. The van der Waals surface area contributed by atoms with Crippen molar-refractivity contribution >= 4 is 85.0 Å². The fourth-order valence-corrected chi connectivity index (χ4v) is 4.44. The molecule has 0 saturated carbocycles. The number of carbonyl (C=O) groups excluding carboxylic acids is 1. The Bertz CT molecular complexity index is 1270. The summed E-state index contributed by atoms with van der Waals surface area (Å²) in [5.74, 6) is 0.266. The summed E-state index contributed by atoms with van der Waals surface area (Å²) in [6.45, 7) is 0. The lowest BCUT2D eigenvalue weighted by atomic mass is 10.2. The molecule has 0 radical (unpaired) electrons. The molecule has 4 aromatic rings. The largest absolute Gasteiger partial charge is 0.323 e. The summed E-state index contributed by atoms with van der Waals surface area (Å²) in [5.41, 5.74) is 3.08. The third-order valence-corrected chi connectivity index (χ3v) is 5.94. The summed E-state index contributed by atoms with van der Waals surface area (Å²) in [4.78, 5) is 17.4. The summed E-state index contributed by atoms with van der Waals surface area (Å²) in [7, 11) is 1.86. The van der Waals surface area contributed by atoms with Crippen LogP contribution in [0.2, 0.25) is 15.1 Å². The number of hydrogen-bond acceptors (Lipinski definition) is 3. The predicted molar refractivity (Wildman–Crippen MR) is 128 cm³/mol. The lowest BCUT2D eigenvalue weighted by Gasteiger charge is -2.10. The van der Waals surface area contributed by atoms with E-state index in [1.54, 1.807) is 54.6 Å². The number of amides is 1. The van der Waals surface area contributed by atoms with Crippen LogP contribution in [0.1, 0.15) is 10.4 Å². The average Bonchev–Trinajstić information content (AvgIpc) is 3.00. The second kappa shape index (κ2) is 8.47. The maximum atomic E-state index is 12.7. The normalized spacial score (nSPS) is 11.0. The van der Waals surface area contributed by atoms with Crippen LogP contribution in [0.15, 0.2) is 59.1 Å². The fraction of sp³-hybridized carbons (Fsp3) is 0.0476. The van der Waals surface area contributed by atoms with Crippen molar-refractivity contribution in [2.75, 3.05) is 10.6 Å². The van der Waals surface area contributed by atoms with Crippen molar-refractivity contribution < 1.29 is 4.79 Å². The monoisotopic (exact) mass is 522 g/mol. The molecule has 3 aromatic carbocycles. The second-order valence-electron chi connectivity index (χ2n) is 6.51. The van der Waals surface area contributed by atoms with E-state index < -0.39 is 0 Å². The van der Waals surface area contributed by atoms with Crippen molar-refractivity contribution in [3.63, 3.8) is 0 Å². The van der Waals surface area contributed by atoms with E-state index in [-0.39, 0.29) is 5.91 Å². The molecule has 4 rings (SSSR count). The number of imidazole rings is 1. The molecular formula is C21H14BrCl3N4O. The number of aromatic nitrogens is 2. The van der Waals surface area contributed by atoms with E-state index in [0.717, 1.165) is 9.99 Å². The number of rotatable bonds is 4. The molecule has 0 fully saturated rings. The maximum absolute atomic E-state index is 12.7. The molecule has 0 saturated heterocycles. The van der Waals surface area contributed by atoms with Crippen LogP contribution in [-0.4, -0.2) is 15.5 Å². The zero-order chi connectivity index (χ0) is 21.4. The van der Waals surface area contributed by atoms with Gasteiger partial charge in [-0.05, 0) is 58.4 Å². The van der Waals surface area contributed by atoms with Crippen LogP contribution >= 0.6 is 50.7 Å². The van der Waals surface area contributed by atoms with Gasteiger partial charge in [0.15, 0.2) is 0 Å². The Morgan fingerprint density at radius 1 is 1.03 bits per heavy atom. The molecule has 1 aromatic heterocycles. The van der Waals surface area contributed by atoms with Gasteiger partial charge in [-0.3, -0.25) is 4.79 Å². The molecule has 0 spiro atoms.